The fourth-order valence-corrected chi connectivity index (χ4v) is 2.98. The van der Waals surface area contributed by atoms with Crippen molar-refractivity contribution in [1.82, 2.24) is 0 Å². The molecule has 1 aromatic heterocycles. The SMILES string of the molecule is O=C(c1ccc([N+](=O)[O-])cc1)c1csc2ccccc12. The number of nitrogens with zero attached hydrogens (tertiary/aromatic N) is 1. The van der Waals surface area contributed by atoms with Crippen molar-refractivity contribution < 1.29 is 9.72 Å². The number of non-ortho nitro benzene ring substituents is 1. The molecule has 0 bridgehead atoms. The fourth-order valence-electron chi connectivity index (χ4n) is 2.04. The van der Waals surface area contributed by atoms with Gasteiger partial charge in [-0.05, 0) is 18.2 Å². The highest BCUT2D eigenvalue weighted by Crippen LogP contribution is 2.27. The molecule has 3 aromatic rings. The van der Waals surface area contributed by atoms with Crippen LogP contribution in [0.2, 0.25) is 0 Å². The van der Waals surface area contributed by atoms with Crippen molar-refractivity contribution in [3.63, 3.8) is 0 Å². The summed E-state index contributed by atoms with van der Waals surface area (Å²) in [6.07, 6.45) is 0. The summed E-state index contributed by atoms with van der Waals surface area (Å²) in [5.41, 5.74) is 1.08. The quantitative estimate of drug-likeness (QED) is 0.414. The van der Waals surface area contributed by atoms with E-state index >= 15 is 0 Å². The normalized spacial score (nSPS) is 10.6. The lowest BCUT2D eigenvalue weighted by atomic mass is 10.0. The van der Waals surface area contributed by atoms with Crippen molar-refractivity contribution in [2.45, 2.75) is 0 Å². The third-order valence-corrected chi connectivity index (χ3v) is 4.03. The number of carbonyl (C=O) groups excluding carboxylic acids is 1. The number of nitro groups is 1. The van der Waals surface area contributed by atoms with Crippen LogP contribution in [0.15, 0.2) is 53.9 Å². The van der Waals surface area contributed by atoms with E-state index in [2.05, 4.69) is 0 Å². The van der Waals surface area contributed by atoms with Crippen molar-refractivity contribution >= 4 is 32.9 Å². The second-order valence-electron chi connectivity index (χ2n) is 4.28. The van der Waals surface area contributed by atoms with Crippen LogP contribution in [0.5, 0.6) is 0 Å². The van der Waals surface area contributed by atoms with E-state index in [1.807, 2.05) is 29.6 Å². The van der Waals surface area contributed by atoms with Gasteiger partial charge in [0.15, 0.2) is 5.78 Å². The molecule has 20 heavy (non-hydrogen) atoms. The van der Waals surface area contributed by atoms with Gasteiger partial charge < -0.3 is 0 Å². The number of thiophene rings is 1. The number of carbonyl (C=O) groups is 1. The number of rotatable bonds is 3. The van der Waals surface area contributed by atoms with Gasteiger partial charge in [0, 0.05) is 38.7 Å². The first-order chi connectivity index (χ1) is 9.66. The van der Waals surface area contributed by atoms with E-state index in [0.29, 0.717) is 11.1 Å². The molecule has 0 radical (unpaired) electrons. The van der Waals surface area contributed by atoms with Gasteiger partial charge in [-0.3, -0.25) is 14.9 Å². The van der Waals surface area contributed by atoms with Crippen LogP contribution in [0.3, 0.4) is 0 Å². The molecule has 0 amide bonds. The van der Waals surface area contributed by atoms with E-state index in [1.54, 1.807) is 0 Å². The zero-order valence-electron chi connectivity index (χ0n) is 10.3. The molecule has 0 fully saturated rings. The number of hydrogen-bond acceptors (Lipinski definition) is 4. The molecule has 0 N–H and O–H groups in total. The van der Waals surface area contributed by atoms with Gasteiger partial charge >= 0.3 is 0 Å². The van der Waals surface area contributed by atoms with Crippen molar-refractivity contribution in [3.05, 3.63) is 75.2 Å². The molecule has 0 spiro atoms. The van der Waals surface area contributed by atoms with Crippen molar-refractivity contribution in [1.29, 1.82) is 0 Å². The van der Waals surface area contributed by atoms with Gasteiger partial charge in [0.1, 0.15) is 0 Å². The number of nitro benzene ring substituents is 1. The number of benzene rings is 2. The summed E-state index contributed by atoms with van der Waals surface area (Å²) in [5.74, 6) is -0.114. The zero-order chi connectivity index (χ0) is 14.1. The lowest BCUT2D eigenvalue weighted by Gasteiger charge is -2.00. The summed E-state index contributed by atoms with van der Waals surface area (Å²) >= 11 is 1.52. The standard InChI is InChI=1S/C15H9NO3S/c17-15(10-5-7-11(8-6-10)16(18)19)13-9-20-14-4-2-1-3-12(13)14/h1-9H. The maximum Gasteiger partial charge on any atom is 0.269 e. The van der Waals surface area contributed by atoms with Crippen LogP contribution in [-0.4, -0.2) is 10.7 Å². The molecule has 1 heterocycles. The van der Waals surface area contributed by atoms with Crippen molar-refractivity contribution in [2.75, 3.05) is 0 Å². The molecule has 0 aliphatic heterocycles. The second-order valence-corrected chi connectivity index (χ2v) is 5.19. The van der Waals surface area contributed by atoms with Gasteiger partial charge in [0.2, 0.25) is 0 Å². The first-order valence-corrected chi connectivity index (χ1v) is 6.80. The van der Waals surface area contributed by atoms with E-state index in [4.69, 9.17) is 0 Å². The molecule has 2 aromatic carbocycles. The van der Waals surface area contributed by atoms with Gasteiger partial charge in [-0.1, -0.05) is 18.2 Å². The Morgan fingerprint density at radius 3 is 2.45 bits per heavy atom. The minimum absolute atomic E-state index is 0.0169. The summed E-state index contributed by atoms with van der Waals surface area (Å²) in [5, 5.41) is 13.4. The highest BCUT2D eigenvalue weighted by molar-refractivity contribution is 7.17. The van der Waals surface area contributed by atoms with Crippen LogP contribution >= 0.6 is 11.3 Å². The summed E-state index contributed by atoms with van der Waals surface area (Å²) in [4.78, 5) is 22.6. The lowest BCUT2D eigenvalue weighted by molar-refractivity contribution is -0.384. The van der Waals surface area contributed by atoms with Crippen LogP contribution < -0.4 is 0 Å². The fraction of sp³-hybridized carbons (Fsp3) is 0. The molecule has 0 aliphatic carbocycles. The molecular formula is C15H9NO3S. The molecule has 0 aliphatic rings. The average molecular weight is 283 g/mol. The number of ketones is 1. The molecule has 0 saturated heterocycles. The van der Waals surface area contributed by atoms with Gasteiger partial charge in [0.25, 0.3) is 5.69 Å². The summed E-state index contributed by atoms with van der Waals surface area (Å²) < 4.78 is 1.05. The van der Waals surface area contributed by atoms with Gasteiger partial charge in [0.05, 0.1) is 4.92 Å². The molecule has 0 unspecified atom stereocenters. The van der Waals surface area contributed by atoms with E-state index in [0.717, 1.165) is 10.1 Å². The van der Waals surface area contributed by atoms with Crippen LogP contribution in [0.25, 0.3) is 10.1 Å². The molecular weight excluding hydrogens is 274 g/mol. The van der Waals surface area contributed by atoms with E-state index in [9.17, 15) is 14.9 Å². The second kappa shape index (κ2) is 4.86. The van der Waals surface area contributed by atoms with Crippen LogP contribution in [-0.2, 0) is 0 Å². The molecule has 4 nitrogen and oxygen atoms in total. The lowest BCUT2D eigenvalue weighted by Crippen LogP contribution is -2.00. The molecule has 0 saturated carbocycles. The van der Waals surface area contributed by atoms with Crippen molar-refractivity contribution in [3.8, 4) is 0 Å². The zero-order valence-corrected chi connectivity index (χ0v) is 11.1. The smallest absolute Gasteiger partial charge is 0.269 e. The monoisotopic (exact) mass is 283 g/mol. The highest BCUT2D eigenvalue weighted by atomic mass is 32.1. The summed E-state index contributed by atoms with van der Waals surface area (Å²) in [6.45, 7) is 0. The van der Waals surface area contributed by atoms with E-state index in [1.165, 1.54) is 35.6 Å². The molecule has 98 valence electrons. The van der Waals surface area contributed by atoms with Gasteiger partial charge in [-0.25, -0.2) is 0 Å². The maximum atomic E-state index is 12.4. The maximum absolute atomic E-state index is 12.4. The number of fused-ring (bicyclic) bond motifs is 1. The topological polar surface area (TPSA) is 60.2 Å². The Labute approximate surface area is 118 Å². The Balaban J connectivity index is 2.02. The van der Waals surface area contributed by atoms with Crippen LogP contribution in [0.4, 0.5) is 5.69 Å². The molecule has 0 atom stereocenters. The van der Waals surface area contributed by atoms with Crippen LogP contribution in [0, 0.1) is 10.1 Å². The van der Waals surface area contributed by atoms with E-state index in [-0.39, 0.29) is 11.5 Å². The Kier molecular flexibility index (Phi) is 3.04. The Morgan fingerprint density at radius 1 is 1.05 bits per heavy atom. The summed E-state index contributed by atoms with van der Waals surface area (Å²) in [6, 6.07) is 13.4. The minimum Gasteiger partial charge on any atom is -0.289 e. The van der Waals surface area contributed by atoms with Gasteiger partial charge in [-0.2, -0.15) is 0 Å². The Hall–Kier alpha value is -2.53. The third kappa shape index (κ3) is 2.08. The van der Waals surface area contributed by atoms with Gasteiger partial charge in [-0.15, -0.1) is 11.3 Å². The highest BCUT2D eigenvalue weighted by Gasteiger charge is 2.15. The first-order valence-electron chi connectivity index (χ1n) is 5.92. The number of hydrogen-bond donors (Lipinski definition) is 0. The Morgan fingerprint density at radius 2 is 1.75 bits per heavy atom. The molecule has 5 heteroatoms. The Bertz CT molecular complexity index is 805. The van der Waals surface area contributed by atoms with Crippen LogP contribution in [0.1, 0.15) is 15.9 Å². The van der Waals surface area contributed by atoms with E-state index < -0.39 is 4.92 Å². The minimum atomic E-state index is -0.478. The third-order valence-electron chi connectivity index (χ3n) is 3.07. The first kappa shape index (κ1) is 12.5. The molecule has 3 rings (SSSR count). The largest absolute Gasteiger partial charge is 0.289 e. The predicted molar refractivity (Wildman–Crippen MR) is 78.4 cm³/mol. The van der Waals surface area contributed by atoms with Crippen molar-refractivity contribution in [2.24, 2.45) is 0 Å². The summed E-state index contributed by atoms with van der Waals surface area (Å²) in [7, 11) is 0. The predicted octanol–water partition coefficient (Wildman–Crippen LogP) is 4.04. The average Bonchev–Trinajstić information content (AvgIpc) is 2.90.